The molecule has 0 atom stereocenters. The Morgan fingerprint density at radius 3 is 2.18 bits per heavy atom. The van der Waals surface area contributed by atoms with E-state index in [1.54, 1.807) is 0 Å². The normalized spacial score (nSPS) is 19.6. The summed E-state index contributed by atoms with van der Waals surface area (Å²) < 4.78 is 14.1. The molecule has 2 aromatic rings. The van der Waals surface area contributed by atoms with Crippen LogP contribution in [0, 0.1) is 6.92 Å². The first-order valence-corrected chi connectivity index (χ1v) is 7.64. The van der Waals surface area contributed by atoms with Gasteiger partial charge in [-0.2, -0.15) is 5.10 Å². The van der Waals surface area contributed by atoms with Gasteiger partial charge in [0.2, 0.25) is 0 Å². The molecule has 1 aliphatic heterocycles. The lowest BCUT2D eigenvalue weighted by Crippen LogP contribution is -2.41. The van der Waals surface area contributed by atoms with Crippen molar-refractivity contribution < 1.29 is 9.31 Å². The van der Waals surface area contributed by atoms with Crippen molar-refractivity contribution in [2.75, 3.05) is 0 Å². The molecule has 1 aliphatic rings. The van der Waals surface area contributed by atoms with Crippen LogP contribution < -0.4 is 5.46 Å². The van der Waals surface area contributed by atoms with Gasteiger partial charge in [-0.3, -0.25) is 4.68 Å². The summed E-state index contributed by atoms with van der Waals surface area (Å²) in [6, 6.07) is 6.42. The molecule has 0 bridgehead atoms. The number of aryl methyl sites for hydroxylation is 2. The van der Waals surface area contributed by atoms with Crippen LogP contribution >= 0.6 is 0 Å². The second-order valence-electron chi connectivity index (χ2n) is 7.12. The third-order valence-electron chi connectivity index (χ3n) is 4.66. The fraction of sp³-hybridized carbons (Fsp3) is 0.471. The quantitative estimate of drug-likeness (QED) is 0.800. The van der Waals surface area contributed by atoms with Crippen LogP contribution in [-0.2, 0) is 16.4 Å². The van der Waals surface area contributed by atoms with E-state index in [1.807, 2.05) is 24.1 Å². The van der Waals surface area contributed by atoms with Gasteiger partial charge in [0, 0.05) is 18.8 Å². The Morgan fingerprint density at radius 2 is 1.64 bits per heavy atom. The molecule has 2 heterocycles. The molecule has 1 fully saturated rings. The number of hydrogen-bond acceptors (Lipinski definition) is 3. The Morgan fingerprint density at radius 1 is 1.00 bits per heavy atom. The fourth-order valence-electron chi connectivity index (χ4n) is 2.66. The highest BCUT2D eigenvalue weighted by Gasteiger charge is 2.51. The largest absolute Gasteiger partial charge is 0.494 e. The topological polar surface area (TPSA) is 36.3 Å². The molecule has 1 saturated heterocycles. The molecule has 0 N–H and O–H groups in total. The number of aromatic nitrogens is 2. The molecular formula is C17H23BN2O2. The number of nitrogens with zero attached hydrogens (tertiary/aromatic N) is 2. The smallest absolute Gasteiger partial charge is 0.399 e. The van der Waals surface area contributed by atoms with Crippen molar-refractivity contribution in [1.29, 1.82) is 0 Å². The second-order valence-corrected chi connectivity index (χ2v) is 7.12. The van der Waals surface area contributed by atoms with E-state index >= 15 is 0 Å². The zero-order valence-corrected chi connectivity index (χ0v) is 14.2. The maximum Gasteiger partial charge on any atom is 0.494 e. The zero-order chi connectivity index (χ0) is 16.1. The number of hydrogen-bond donors (Lipinski definition) is 0. The average molecular weight is 298 g/mol. The van der Waals surface area contributed by atoms with E-state index in [1.165, 1.54) is 5.56 Å². The molecule has 116 valence electrons. The van der Waals surface area contributed by atoms with Crippen molar-refractivity contribution >= 4 is 12.6 Å². The predicted octanol–water partition coefficient (Wildman–Crippen LogP) is 2.69. The molecule has 3 rings (SSSR count). The van der Waals surface area contributed by atoms with E-state index in [4.69, 9.17) is 9.31 Å². The first-order chi connectivity index (χ1) is 10.2. The van der Waals surface area contributed by atoms with Crippen LogP contribution in [0.25, 0.3) is 11.1 Å². The van der Waals surface area contributed by atoms with Crippen molar-refractivity contribution in [2.45, 2.75) is 45.8 Å². The second kappa shape index (κ2) is 4.96. The highest BCUT2D eigenvalue weighted by atomic mass is 16.7. The zero-order valence-electron chi connectivity index (χ0n) is 14.2. The van der Waals surface area contributed by atoms with Crippen LogP contribution in [0.15, 0.2) is 30.6 Å². The van der Waals surface area contributed by atoms with Gasteiger partial charge < -0.3 is 9.31 Å². The van der Waals surface area contributed by atoms with Gasteiger partial charge in [0.05, 0.1) is 17.4 Å². The first kappa shape index (κ1) is 15.3. The molecule has 0 aliphatic carbocycles. The molecule has 0 spiro atoms. The summed E-state index contributed by atoms with van der Waals surface area (Å²) in [6.45, 7) is 10.4. The van der Waals surface area contributed by atoms with Gasteiger partial charge in [-0.25, -0.2) is 0 Å². The van der Waals surface area contributed by atoms with E-state index in [-0.39, 0.29) is 18.3 Å². The van der Waals surface area contributed by atoms with Gasteiger partial charge in [0.1, 0.15) is 0 Å². The predicted molar refractivity (Wildman–Crippen MR) is 89.1 cm³/mol. The molecule has 5 heteroatoms. The molecule has 1 aromatic carbocycles. The summed E-state index contributed by atoms with van der Waals surface area (Å²) in [5.74, 6) is 0. The van der Waals surface area contributed by atoms with E-state index in [0.717, 1.165) is 16.6 Å². The summed E-state index contributed by atoms with van der Waals surface area (Å²) in [6.07, 6.45) is 3.89. The molecule has 1 aromatic heterocycles. The van der Waals surface area contributed by atoms with Crippen LogP contribution in [0.2, 0.25) is 0 Å². The molecule has 22 heavy (non-hydrogen) atoms. The van der Waals surface area contributed by atoms with E-state index < -0.39 is 0 Å². The van der Waals surface area contributed by atoms with E-state index in [0.29, 0.717) is 0 Å². The Labute approximate surface area is 132 Å². The van der Waals surface area contributed by atoms with Crippen LogP contribution in [0.5, 0.6) is 0 Å². The van der Waals surface area contributed by atoms with Gasteiger partial charge >= 0.3 is 7.12 Å². The summed E-state index contributed by atoms with van der Waals surface area (Å²) >= 11 is 0. The summed E-state index contributed by atoms with van der Waals surface area (Å²) in [5.41, 5.74) is 3.83. The van der Waals surface area contributed by atoms with Gasteiger partial charge in [-0.1, -0.05) is 23.8 Å². The van der Waals surface area contributed by atoms with Crippen molar-refractivity contribution in [3.63, 3.8) is 0 Å². The van der Waals surface area contributed by atoms with Crippen LogP contribution in [0.3, 0.4) is 0 Å². The van der Waals surface area contributed by atoms with Crippen molar-refractivity contribution in [1.82, 2.24) is 9.78 Å². The molecule has 0 amide bonds. The Kier molecular flexibility index (Phi) is 3.46. The molecule has 0 unspecified atom stereocenters. The van der Waals surface area contributed by atoms with Crippen molar-refractivity contribution in [3.8, 4) is 11.1 Å². The minimum atomic E-state index is -0.333. The minimum Gasteiger partial charge on any atom is -0.399 e. The SMILES string of the molecule is Cc1cc(B2OC(C)(C)C(C)(C)O2)cc(-c2cnn(C)c2)c1. The monoisotopic (exact) mass is 298 g/mol. The summed E-state index contributed by atoms with van der Waals surface area (Å²) in [5, 5.41) is 4.25. The van der Waals surface area contributed by atoms with Crippen LogP contribution in [0.4, 0.5) is 0 Å². The first-order valence-electron chi connectivity index (χ1n) is 7.64. The van der Waals surface area contributed by atoms with E-state index in [9.17, 15) is 0 Å². The lowest BCUT2D eigenvalue weighted by atomic mass is 9.77. The number of rotatable bonds is 2. The van der Waals surface area contributed by atoms with Gasteiger partial charge in [0.25, 0.3) is 0 Å². The molecule has 4 nitrogen and oxygen atoms in total. The molecule has 0 saturated carbocycles. The Bertz CT molecular complexity index is 690. The molecule has 0 radical (unpaired) electrons. The summed E-state index contributed by atoms with van der Waals surface area (Å²) in [7, 11) is 1.59. The lowest BCUT2D eigenvalue weighted by molar-refractivity contribution is 0.00578. The highest BCUT2D eigenvalue weighted by molar-refractivity contribution is 6.62. The Hall–Kier alpha value is -1.59. The summed E-state index contributed by atoms with van der Waals surface area (Å²) in [4.78, 5) is 0. The van der Waals surface area contributed by atoms with Gasteiger partial charge in [0.15, 0.2) is 0 Å². The van der Waals surface area contributed by atoms with E-state index in [2.05, 4.69) is 57.9 Å². The minimum absolute atomic E-state index is 0.324. The lowest BCUT2D eigenvalue weighted by Gasteiger charge is -2.32. The average Bonchev–Trinajstić information content (AvgIpc) is 2.91. The third kappa shape index (κ3) is 2.59. The maximum atomic E-state index is 6.16. The molecular weight excluding hydrogens is 275 g/mol. The van der Waals surface area contributed by atoms with Crippen molar-refractivity contribution in [2.24, 2.45) is 7.05 Å². The van der Waals surface area contributed by atoms with Crippen LogP contribution in [-0.4, -0.2) is 28.1 Å². The fourth-order valence-corrected chi connectivity index (χ4v) is 2.66. The van der Waals surface area contributed by atoms with Gasteiger partial charge in [-0.15, -0.1) is 0 Å². The van der Waals surface area contributed by atoms with Gasteiger partial charge in [-0.05, 0) is 45.6 Å². The maximum absolute atomic E-state index is 6.16. The van der Waals surface area contributed by atoms with Crippen molar-refractivity contribution in [3.05, 3.63) is 36.2 Å². The highest BCUT2D eigenvalue weighted by Crippen LogP contribution is 2.36. The third-order valence-corrected chi connectivity index (χ3v) is 4.66. The Balaban J connectivity index is 1.98. The number of benzene rings is 1. The van der Waals surface area contributed by atoms with Crippen LogP contribution in [0.1, 0.15) is 33.3 Å². The standard InChI is InChI=1S/C17H23BN2O2/c1-12-7-13(14-10-19-20(6)11-14)9-15(8-12)18-21-16(2,3)17(4,5)22-18/h7-11H,1-6H3.